The largest absolute Gasteiger partial charge is 0.444 e. The van der Waals surface area contributed by atoms with Gasteiger partial charge in [0.2, 0.25) is 0 Å². The molecule has 0 aliphatic carbocycles. The average Bonchev–Trinajstić information content (AvgIpc) is 2.82. The smallest absolute Gasteiger partial charge is 0.410 e. The van der Waals surface area contributed by atoms with Crippen molar-refractivity contribution in [3.05, 3.63) is 29.8 Å². The Morgan fingerprint density at radius 2 is 1.71 bits per heavy atom. The molecule has 2 saturated heterocycles. The Labute approximate surface area is 164 Å². The predicted octanol–water partition coefficient (Wildman–Crippen LogP) is 2.73. The summed E-state index contributed by atoms with van der Waals surface area (Å²) in [6.07, 6.45) is 0.222. The highest BCUT2D eigenvalue weighted by Crippen LogP contribution is 2.40. The van der Waals surface area contributed by atoms with E-state index in [1.807, 2.05) is 6.07 Å². The molecule has 2 fully saturated rings. The molecule has 3 rings (SSSR count). The van der Waals surface area contributed by atoms with Gasteiger partial charge >= 0.3 is 12.1 Å². The minimum Gasteiger partial charge on any atom is -0.444 e. The van der Waals surface area contributed by atoms with Gasteiger partial charge in [0.15, 0.2) is 0 Å². The maximum Gasteiger partial charge on any atom is 0.410 e. The average molecular weight is 384 g/mol. The SMILES string of the molecule is CN1C(=O)N(c2ccc(C#N)cc2)C2(CCN(C(=O)OC(C)(C)C)CC2)C1=O. The number of anilines is 1. The standard InChI is InChI=1S/C20H24N4O4/c1-19(2,3)28-18(27)23-11-9-20(10-12-23)16(25)22(4)17(26)24(20)15-7-5-14(13-21)6-8-15/h5-8H,9-12H2,1-4H3. The van der Waals surface area contributed by atoms with Crippen molar-refractivity contribution >= 4 is 23.7 Å². The molecule has 1 aromatic carbocycles. The summed E-state index contributed by atoms with van der Waals surface area (Å²) in [5.74, 6) is -0.273. The summed E-state index contributed by atoms with van der Waals surface area (Å²) >= 11 is 0. The number of imide groups is 1. The van der Waals surface area contributed by atoms with Gasteiger partial charge in [-0.05, 0) is 57.9 Å². The van der Waals surface area contributed by atoms with Crippen LogP contribution in [0.1, 0.15) is 39.2 Å². The van der Waals surface area contributed by atoms with Crippen LogP contribution in [0.25, 0.3) is 0 Å². The Kier molecular flexibility index (Phi) is 4.79. The Hall–Kier alpha value is -3.08. The van der Waals surface area contributed by atoms with Gasteiger partial charge in [-0.1, -0.05) is 0 Å². The summed E-state index contributed by atoms with van der Waals surface area (Å²) in [5, 5.41) is 8.99. The van der Waals surface area contributed by atoms with E-state index in [0.717, 1.165) is 4.90 Å². The molecular formula is C20H24N4O4. The summed E-state index contributed by atoms with van der Waals surface area (Å²) in [7, 11) is 1.47. The number of amides is 4. The second kappa shape index (κ2) is 6.82. The quantitative estimate of drug-likeness (QED) is 0.694. The van der Waals surface area contributed by atoms with Crippen molar-refractivity contribution in [2.45, 2.75) is 44.8 Å². The molecule has 8 heteroatoms. The number of hydrogen-bond donors (Lipinski definition) is 0. The highest BCUT2D eigenvalue weighted by atomic mass is 16.6. The monoisotopic (exact) mass is 384 g/mol. The Bertz CT molecular complexity index is 842. The normalized spacial score (nSPS) is 19.2. The topological polar surface area (TPSA) is 94.0 Å². The molecule has 8 nitrogen and oxygen atoms in total. The first-order chi connectivity index (χ1) is 13.1. The molecule has 0 saturated carbocycles. The number of likely N-dealkylation sites (tertiary alicyclic amines) is 1. The Morgan fingerprint density at radius 1 is 1.14 bits per heavy atom. The van der Waals surface area contributed by atoms with Crippen LogP contribution in [0.3, 0.4) is 0 Å². The van der Waals surface area contributed by atoms with Crippen molar-refractivity contribution in [3.8, 4) is 6.07 Å². The first-order valence-electron chi connectivity index (χ1n) is 9.19. The number of rotatable bonds is 1. The molecule has 1 spiro atoms. The van der Waals surface area contributed by atoms with Gasteiger partial charge in [0.05, 0.1) is 11.6 Å². The van der Waals surface area contributed by atoms with E-state index >= 15 is 0 Å². The first-order valence-corrected chi connectivity index (χ1v) is 9.19. The van der Waals surface area contributed by atoms with Crippen molar-refractivity contribution in [1.82, 2.24) is 9.80 Å². The zero-order chi connectivity index (χ0) is 20.7. The molecule has 2 aliphatic rings. The van der Waals surface area contributed by atoms with E-state index in [2.05, 4.69) is 0 Å². The number of nitrogens with zero attached hydrogens (tertiary/aromatic N) is 4. The van der Waals surface area contributed by atoms with Gasteiger partial charge in [-0.15, -0.1) is 0 Å². The molecular weight excluding hydrogens is 360 g/mol. The zero-order valence-corrected chi connectivity index (χ0v) is 16.6. The lowest BCUT2D eigenvalue weighted by molar-refractivity contribution is -0.131. The lowest BCUT2D eigenvalue weighted by Crippen LogP contribution is -2.58. The summed E-state index contributed by atoms with van der Waals surface area (Å²) < 4.78 is 5.41. The highest BCUT2D eigenvalue weighted by Gasteiger charge is 2.58. The second-order valence-corrected chi connectivity index (χ2v) is 8.14. The molecule has 0 N–H and O–H groups in total. The number of nitriles is 1. The van der Waals surface area contributed by atoms with Gasteiger partial charge in [0.25, 0.3) is 5.91 Å². The number of carbonyl (C=O) groups excluding carboxylic acids is 3. The minimum absolute atomic E-state index is 0.273. The number of piperidine rings is 1. The summed E-state index contributed by atoms with van der Waals surface area (Å²) in [6, 6.07) is 8.22. The maximum atomic E-state index is 13.0. The zero-order valence-electron chi connectivity index (χ0n) is 16.6. The third-order valence-corrected chi connectivity index (χ3v) is 5.11. The fourth-order valence-corrected chi connectivity index (χ4v) is 3.69. The second-order valence-electron chi connectivity index (χ2n) is 8.14. The van der Waals surface area contributed by atoms with Crippen LogP contribution >= 0.6 is 0 Å². The molecule has 0 atom stereocenters. The van der Waals surface area contributed by atoms with Crippen LogP contribution in [0.2, 0.25) is 0 Å². The van der Waals surface area contributed by atoms with Crippen molar-refractivity contribution in [2.75, 3.05) is 25.0 Å². The molecule has 0 bridgehead atoms. The van der Waals surface area contributed by atoms with Crippen LogP contribution in [-0.2, 0) is 9.53 Å². The number of benzene rings is 1. The fraction of sp³-hybridized carbons (Fsp3) is 0.500. The first kappa shape index (κ1) is 19.7. The number of likely N-dealkylation sites (N-methyl/N-ethyl adjacent to an activating group) is 1. The van der Waals surface area contributed by atoms with Crippen LogP contribution < -0.4 is 4.90 Å². The lowest BCUT2D eigenvalue weighted by Gasteiger charge is -2.42. The predicted molar refractivity (Wildman–Crippen MR) is 102 cm³/mol. The third kappa shape index (κ3) is 3.28. The van der Waals surface area contributed by atoms with Gasteiger partial charge in [-0.25, -0.2) is 9.59 Å². The van der Waals surface area contributed by atoms with Crippen molar-refractivity contribution < 1.29 is 19.1 Å². The van der Waals surface area contributed by atoms with Gasteiger partial charge < -0.3 is 9.64 Å². The Balaban J connectivity index is 1.86. The van der Waals surface area contributed by atoms with E-state index in [1.54, 1.807) is 49.9 Å². The molecule has 148 valence electrons. The van der Waals surface area contributed by atoms with E-state index in [0.29, 0.717) is 37.2 Å². The molecule has 1 aromatic rings. The van der Waals surface area contributed by atoms with E-state index in [-0.39, 0.29) is 5.91 Å². The van der Waals surface area contributed by atoms with Crippen LogP contribution in [0.15, 0.2) is 24.3 Å². The number of hydrogen-bond acceptors (Lipinski definition) is 5. The molecule has 0 aromatic heterocycles. The van der Waals surface area contributed by atoms with E-state index in [1.165, 1.54) is 11.9 Å². The van der Waals surface area contributed by atoms with Gasteiger partial charge in [-0.3, -0.25) is 14.6 Å². The van der Waals surface area contributed by atoms with Crippen molar-refractivity contribution in [1.29, 1.82) is 5.26 Å². The minimum atomic E-state index is -1.03. The van der Waals surface area contributed by atoms with Crippen LogP contribution in [0, 0.1) is 11.3 Å². The van der Waals surface area contributed by atoms with Crippen molar-refractivity contribution in [3.63, 3.8) is 0 Å². The van der Waals surface area contributed by atoms with Gasteiger partial charge in [0.1, 0.15) is 11.1 Å². The molecule has 2 aliphatic heterocycles. The third-order valence-electron chi connectivity index (χ3n) is 5.11. The lowest BCUT2D eigenvalue weighted by atomic mass is 9.85. The summed E-state index contributed by atoms with van der Waals surface area (Å²) in [4.78, 5) is 42.3. The Morgan fingerprint density at radius 3 is 2.21 bits per heavy atom. The van der Waals surface area contributed by atoms with Crippen molar-refractivity contribution in [2.24, 2.45) is 0 Å². The van der Waals surface area contributed by atoms with Crippen LogP contribution in [0.5, 0.6) is 0 Å². The van der Waals surface area contributed by atoms with Gasteiger partial charge in [0, 0.05) is 25.8 Å². The van der Waals surface area contributed by atoms with Crippen LogP contribution in [-0.4, -0.2) is 59.1 Å². The van der Waals surface area contributed by atoms with Gasteiger partial charge in [-0.2, -0.15) is 5.26 Å². The molecule has 0 radical (unpaired) electrons. The summed E-state index contributed by atoms with van der Waals surface area (Å²) in [6.45, 7) is 6.04. The molecule has 4 amide bonds. The number of ether oxygens (including phenoxy) is 1. The molecule has 0 unspecified atom stereocenters. The van der Waals surface area contributed by atoms with Crippen LogP contribution in [0.4, 0.5) is 15.3 Å². The van der Waals surface area contributed by atoms with E-state index in [4.69, 9.17) is 10.00 Å². The fourth-order valence-electron chi connectivity index (χ4n) is 3.69. The van der Waals surface area contributed by atoms with E-state index in [9.17, 15) is 14.4 Å². The maximum absolute atomic E-state index is 13.0. The number of urea groups is 1. The summed E-state index contributed by atoms with van der Waals surface area (Å²) in [5.41, 5.74) is -0.588. The highest BCUT2D eigenvalue weighted by molar-refractivity contribution is 6.16. The van der Waals surface area contributed by atoms with E-state index < -0.39 is 23.3 Å². The molecule has 28 heavy (non-hydrogen) atoms. The molecule has 2 heterocycles. The number of carbonyl (C=O) groups is 3.